The highest BCUT2D eigenvalue weighted by atomic mass is 14.9. The standard InChI is InChI=1S/C8H15N/c1-4-7-9-8(5-2)6-3/h4-5,8-9H,1-2,6-7H2,3H3. The van der Waals surface area contributed by atoms with Crippen LogP contribution in [0.5, 0.6) is 0 Å². The van der Waals surface area contributed by atoms with Crippen LogP contribution in [0, 0.1) is 0 Å². The molecular formula is C8H15N. The zero-order valence-corrected chi connectivity index (χ0v) is 6.06. The largest absolute Gasteiger partial charge is 0.307 e. The molecule has 0 heterocycles. The fourth-order valence-corrected chi connectivity index (χ4v) is 0.629. The van der Waals surface area contributed by atoms with Gasteiger partial charge in [-0.2, -0.15) is 0 Å². The molecule has 1 N–H and O–H groups in total. The smallest absolute Gasteiger partial charge is 0.0247 e. The van der Waals surface area contributed by atoms with Crippen LogP contribution in [0.1, 0.15) is 13.3 Å². The van der Waals surface area contributed by atoms with Gasteiger partial charge in [-0.3, -0.25) is 0 Å². The Morgan fingerprint density at radius 3 is 2.56 bits per heavy atom. The van der Waals surface area contributed by atoms with Gasteiger partial charge in [-0.15, -0.1) is 13.2 Å². The maximum Gasteiger partial charge on any atom is 0.0247 e. The average molecular weight is 125 g/mol. The van der Waals surface area contributed by atoms with Crippen molar-refractivity contribution in [2.24, 2.45) is 0 Å². The van der Waals surface area contributed by atoms with Crippen LogP contribution in [0.15, 0.2) is 25.3 Å². The Morgan fingerprint density at radius 2 is 2.22 bits per heavy atom. The Balaban J connectivity index is 3.30. The Bertz CT molecular complexity index is 86.6. The maximum atomic E-state index is 3.69. The van der Waals surface area contributed by atoms with E-state index in [9.17, 15) is 0 Å². The van der Waals surface area contributed by atoms with E-state index in [1.807, 2.05) is 12.2 Å². The molecule has 0 fully saturated rings. The molecule has 9 heavy (non-hydrogen) atoms. The first-order valence-electron chi connectivity index (χ1n) is 3.32. The van der Waals surface area contributed by atoms with Crippen LogP contribution in [0.4, 0.5) is 0 Å². The van der Waals surface area contributed by atoms with Crippen LogP contribution in [-0.2, 0) is 0 Å². The molecule has 1 nitrogen and oxygen atoms in total. The van der Waals surface area contributed by atoms with Crippen molar-refractivity contribution < 1.29 is 0 Å². The molecule has 1 atom stereocenters. The van der Waals surface area contributed by atoms with Crippen molar-refractivity contribution in [2.45, 2.75) is 19.4 Å². The molecule has 0 aliphatic heterocycles. The van der Waals surface area contributed by atoms with Crippen molar-refractivity contribution in [1.82, 2.24) is 5.32 Å². The first-order chi connectivity index (χ1) is 4.35. The van der Waals surface area contributed by atoms with Crippen molar-refractivity contribution in [1.29, 1.82) is 0 Å². The fraction of sp³-hybridized carbons (Fsp3) is 0.500. The van der Waals surface area contributed by atoms with E-state index in [-0.39, 0.29) is 0 Å². The highest BCUT2D eigenvalue weighted by molar-refractivity contribution is 4.86. The van der Waals surface area contributed by atoms with Gasteiger partial charge in [0.05, 0.1) is 0 Å². The van der Waals surface area contributed by atoms with E-state index in [0.29, 0.717) is 6.04 Å². The molecular weight excluding hydrogens is 110 g/mol. The Morgan fingerprint density at radius 1 is 1.56 bits per heavy atom. The summed E-state index contributed by atoms with van der Waals surface area (Å²) in [5.74, 6) is 0. The molecule has 0 rings (SSSR count). The lowest BCUT2D eigenvalue weighted by atomic mass is 10.2. The summed E-state index contributed by atoms with van der Waals surface area (Å²) in [6.45, 7) is 10.3. The molecule has 1 heteroatoms. The van der Waals surface area contributed by atoms with Crippen molar-refractivity contribution in [3.05, 3.63) is 25.3 Å². The minimum atomic E-state index is 0.447. The topological polar surface area (TPSA) is 12.0 Å². The second-order valence-electron chi connectivity index (χ2n) is 1.95. The highest BCUT2D eigenvalue weighted by Crippen LogP contribution is 1.89. The minimum absolute atomic E-state index is 0.447. The first-order valence-corrected chi connectivity index (χ1v) is 3.32. The first kappa shape index (κ1) is 8.44. The molecule has 0 radical (unpaired) electrons. The predicted molar refractivity (Wildman–Crippen MR) is 42.5 cm³/mol. The van der Waals surface area contributed by atoms with Crippen LogP contribution < -0.4 is 5.32 Å². The summed E-state index contributed by atoms with van der Waals surface area (Å²) in [4.78, 5) is 0. The quantitative estimate of drug-likeness (QED) is 0.552. The van der Waals surface area contributed by atoms with Gasteiger partial charge in [-0.05, 0) is 6.42 Å². The lowest BCUT2D eigenvalue weighted by Gasteiger charge is -2.08. The highest BCUT2D eigenvalue weighted by Gasteiger charge is 1.94. The zero-order chi connectivity index (χ0) is 7.11. The molecule has 0 aliphatic carbocycles. The van der Waals surface area contributed by atoms with E-state index in [0.717, 1.165) is 13.0 Å². The number of rotatable bonds is 5. The van der Waals surface area contributed by atoms with Crippen molar-refractivity contribution in [3.8, 4) is 0 Å². The summed E-state index contributed by atoms with van der Waals surface area (Å²) in [5.41, 5.74) is 0. The predicted octanol–water partition coefficient (Wildman–Crippen LogP) is 1.73. The van der Waals surface area contributed by atoms with Gasteiger partial charge in [0.2, 0.25) is 0 Å². The van der Waals surface area contributed by atoms with Gasteiger partial charge < -0.3 is 5.32 Å². The molecule has 0 amide bonds. The molecule has 0 bridgehead atoms. The summed E-state index contributed by atoms with van der Waals surface area (Å²) in [5, 5.41) is 3.23. The summed E-state index contributed by atoms with van der Waals surface area (Å²) >= 11 is 0. The van der Waals surface area contributed by atoms with E-state index in [2.05, 4.69) is 25.4 Å². The Kier molecular flexibility index (Phi) is 5.23. The minimum Gasteiger partial charge on any atom is -0.307 e. The number of nitrogens with one attached hydrogen (secondary N) is 1. The van der Waals surface area contributed by atoms with Crippen molar-refractivity contribution >= 4 is 0 Å². The van der Waals surface area contributed by atoms with E-state index < -0.39 is 0 Å². The van der Waals surface area contributed by atoms with Crippen molar-refractivity contribution in [3.63, 3.8) is 0 Å². The second kappa shape index (κ2) is 5.57. The van der Waals surface area contributed by atoms with Crippen molar-refractivity contribution in [2.75, 3.05) is 6.54 Å². The number of hydrogen-bond acceptors (Lipinski definition) is 1. The van der Waals surface area contributed by atoms with Gasteiger partial charge in [0.15, 0.2) is 0 Å². The summed E-state index contributed by atoms with van der Waals surface area (Å²) < 4.78 is 0. The third-order valence-corrected chi connectivity index (χ3v) is 1.25. The molecule has 0 spiro atoms. The molecule has 0 aromatic rings. The normalized spacial score (nSPS) is 12.6. The van der Waals surface area contributed by atoms with Crippen LogP contribution in [0.3, 0.4) is 0 Å². The Labute approximate surface area is 57.5 Å². The van der Waals surface area contributed by atoms with Crippen LogP contribution >= 0.6 is 0 Å². The SMILES string of the molecule is C=CCNC(C=C)CC. The van der Waals surface area contributed by atoms with Gasteiger partial charge in [-0.1, -0.05) is 19.1 Å². The summed E-state index contributed by atoms with van der Waals surface area (Å²) in [7, 11) is 0. The Hall–Kier alpha value is -0.560. The monoisotopic (exact) mass is 125 g/mol. The third kappa shape index (κ3) is 3.98. The lowest BCUT2D eigenvalue weighted by molar-refractivity contribution is 0.618. The molecule has 0 aromatic carbocycles. The van der Waals surface area contributed by atoms with E-state index in [1.54, 1.807) is 0 Å². The van der Waals surface area contributed by atoms with Gasteiger partial charge >= 0.3 is 0 Å². The second-order valence-corrected chi connectivity index (χ2v) is 1.95. The van der Waals surface area contributed by atoms with Crippen LogP contribution in [0.25, 0.3) is 0 Å². The summed E-state index contributed by atoms with van der Waals surface area (Å²) in [6, 6.07) is 0.447. The van der Waals surface area contributed by atoms with E-state index in [4.69, 9.17) is 0 Å². The molecule has 1 unspecified atom stereocenters. The van der Waals surface area contributed by atoms with Gasteiger partial charge in [0.25, 0.3) is 0 Å². The van der Waals surface area contributed by atoms with E-state index >= 15 is 0 Å². The fourth-order valence-electron chi connectivity index (χ4n) is 0.629. The molecule has 0 aromatic heterocycles. The zero-order valence-electron chi connectivity index (χ0n) is 6.06. The molecule has 0 aliphatic rings. The number of hydrogen-bond donors (Lipinski definition) is 1. The van der Waals surface area contributed by atoms with Gasteiger partial charge in [-0.25, -0.2) is 0 Å². The van der Waals surface area contributed by atoms with Crippen LogP contribution in [-0.4, -0.2) is 12.6 Å². The molecule has 52 valence electrons. The lowest BCUT2D eigenvalue weighted by Crippen LogP contribution is -2.25. The molecule has 0 saturated heterocycles. The van der Waals surface area contributed by atoms with Gasteiger partial charge in [0.1, 0.15) is 0 Å². The van der Waals surface area contributed by atoms with Gasteiger partial charge in [0, 0.05) is 12.6 Å². The maximum absolute atomic E-state index is 3.69. The van der Waals surface area contributed by atoms with E-state index in [1.165, 1.54) is 0 Å². The summed E-state index contributed by atoms with van der Waals surface area (Å²) in [6.07, 6.45) is 4.87. The average Bonchev–Trinajstić information content (AvgIpc) is 1.91. The third-order valence-electron chi connectivity index (χ3n) is 1.25. The van der Waals surface area contributed by atoms with Crippen LogP contribution in [0.2, 0.25) is 0 Å². The molecule has 0 saturated carbocycles.